The first kappa shape index (κ1) is 11.2. The number of hydrogen-bond donors (Lipinski definition) is 0. The minimum absolute atomic E-state index is 0.0589. The molecule has 2 heteroatoms. The molecule has 0 amide bonds. The molecule has 1 aliphatic rings. The van der Waals surface area contributed by atoms with Crippen LogP contribution in [0.25, 0.3) is 0 Å². The predicted octanol–water partition coefficient (Wildman–Crippen LogP) is 2.67. The molecule has 0 bridgehead atoms. The zero-order valence-corrected chi connectivity index (χ0v) is 9.22. The van der Waals surface area contributed by atoms with Crippen LogP contribution in [0.5, 0.6) is 0 Å². The summed E-state index contributed by atoms with van der Waals surface area (Å²) in [6.07, 6.45) is 3.95. The Morgan fingerprint density at radius 3 is 1.93 bits per heavy atom. The Labute approximate surface area is 85.4 Å². The molecule has 14 heavy (non-hydrogen) atoms. The van der Waals surface area contributed by atoms with Crippen molar-refractivity contribution in [2.45, 2.75) is 46.5 Å². The fraction of sp³-hybridized carbons (Fsp3) is 0.667. The van der Waals surface area contributed by atoms with Crippen LogP contribution in [0.1, 0.15) is 46.5 Å². The maximum absolute atomic E-state index is 11.6. The first-order valence-electron chi connectivity index (χ1n) is 5.35. The second kappa shape index (κ2) is 4.54. The number of rotatable bonds is 4. The van der Waals surface area contributed by atoms with Gasteiger partial charge in [-0.3, -0.25) is 9.59 Å². The smallest absolute Gasteiger partial charge is 0.169 e. The lowest BCUT2D eigenvalue weighted by molar-refractivity contribution is -0.126. The highest BCUT2D eigenvalue weighted by Crippen LogP contribution is 2.28. The van der Waals surface area contributed by atoms with Gasteiger partial charge in [-0.2, -0.15) is 0 Å². The monoisotopic (exact) mass is 194 g/mol. The topological polar surface area (TPSA) is 34.1 Å². The second-order valence-corrected chi connectivity index (χ2v) is 4.03. The van der Waals surface area contributed by atoms with Gasteiger partial charge in [-0.1, -0.05) is 26.2 Å². The van der Waals surface area contributed by atoms with Crippen molar-refractivity contribution < 1.29 is 9.59 Å². The third-order valence-corrected chi connectivity index (χ3v) is 3.03. The van der Waals surface area contributed by atoms with Gasteiger partial charge in [-0.15, -0.1) is 0 Å². The van der Waals surface area contributed by atoms with Crippen molar-refractivity contribution in [2.75, 3.05) is 0 Å². The van der Waals surface area contributed by atoms with Crippen molar-refractivity contribution >= 4 is 11.6 Å². The molecule has 0 unspecified atom stereocenters. The van der Waals surface area contributed by atoms with Gasteiger partial charge < -0.3 is 0 Å². The summed E-state index contributed by atoms with van der Waals surface area (Å²) in [5.41, 5.74) is 1.35. The SMILES string of the molecule is CCCCCC1C(=O)C(C)=C(C)C1=O. The Morgan fingerprint density at radius 1 is 1.00 bits per heavy atom. The third kappa shape index (κ3) is 1.94. The Balaban J connectivity index is 2.58. The molecule has 0 aliphatic heterocycles. The van der Waals surface area contributed by atoms with E-state index in [2.05, 4.69) is 6.92 Å². The van der Waals surface area contributed by atoms with Gasteiger partial charge in [0.1, 0.15) is 0 Å². The number of carbonyl (C=O) groups is 2. The van der Waals surface area contributed by atoms with Gasteiger partial charge in [0.2, 0.25) is 0 Å². The fourth-order valence-corrected chi connectivity index (χ4v) is 1.87. The molecule has 1 rings (SSSR count). The van der Waals surface area contributed by atoms with Crippen LogP contribution in [-0.2, 0) is 9.59 Å². The molecule has 78 valence electrons. The summed E-state index contributed by atoms with van der Waals surface area (Å²) in [5.74, 6) is -0.228. The van der Waals surface area contributed by atoms with Crippen molar-refractivity contribution in [2.24, 2.45) is 5.92 Å². The normalized spacial score (nSPS) is 18.5. The third-order valence-electron chi connectivity index (χ3n) is 3.03. The number of hydrogen-bond acceptors (Lipinski definition) is 2. The van der Waals surface area contributed by atoms with E-state index in [-0.39, 0.29) is 17.5 Å². The van der Waals surface area contributed by atoms with E-state index in [9.17, 15) is 9.59 Å². The summed E-state index contributed by atoms with van der Waals surface area (Å²) < 4.78 is 0. The van der Waals surface area contributed by atoms with Crippen LogP contribution in [0.15, 0.2) is 11.1 Å². The van der Waals surface area contributed by atoms with Gasteiger partial charge in [-0.05, 0) is 31.4 Å². The zero-order valence-electron chi connectivity index (χ0n) is 9.22. The van der Waals surface area contributed by atoms with Gasteiger partial charge >= 0.3 is 0 Å². The maximum Gasteiger partial charge on any atom is 0.169 e. The van der Waals surface area contributed by atoms with Crippen LogP contribution >= 0.6 is 0 Å². The van der Waals surface area contributed by atoms with Gasteiger partial charge in [0, 0.05) is 0 Å². The largest absolute Gasteiger partial charge is 0.294 e. The average molecular weight is 194 g/mol. The van der Waals surface area contributed by atoms with Gasteiger partial charge in [0.15, 0.2) is 11.6 Å². The number of ketones is 2. The van der Waals surface area contributed by atoms with Crippen molar-refractivity contribution in [3.05, 3.63) is 11.1 Å². The molecule has 0 saturated heterocycles. The molecule has 0 aromatic rings. The van der Waals surface area contributed by atoms with Crippen molar-refractivity contribution in [3.8, 4) is 0 Å². The van der Waals surface area contributed by atoms with Crippen LogP contribution in [0, 0.1) is 5.92 Å². The van der Waals surface area contributed by atoms with Crippen LogP contribution in [0.4, 0.5) is 0 Å². The highest BCUT2D eigenvalue weighted by Gasteiger charge is 2.35. The second-order valence-electron chi connectivity index (χ2n) is 4.03. The number of unbranched alkanes of at least 4 members (excludes halogenated alkanes) is 2. The van der Waals surface area contributed by atoms with Crippen LogP contribution in [0.3, 0.4) is 0 Å². The molecule has 0 aromatic carbocycles. The van der Waals surface area contributed by atoms with E-state index < -0.39 is 0 Å². The molecule has 0 heterocycles. The van der Waals surface area contributed by atoms with Crippen molar-refractivity contribution in [1.82, 2.24) is 0 Å². The minimum Gasteiger partial charge on any atom is -0.294 e. The molecule has 0 fully saturated rings. The number of allylic oxidation sites excluding steroid dienone is 2. The van der Waals surface area contributed by atoms with Crippen LogP contribution in [-0.4, -0.2) is 11.6 Å². The highest BCUT2D eigenvalue weighted by atomic mass is 16.2. The van der Waals surface area contributed by atoms with E-state index >= 15 is 0 Å². The van der Waals surface area contributed by atoms with E-state index in [1.807, 2.05) is 0 Å². The molecule has 1 aliphatic carbocycles. The van der Waals surface area contributed by atoms with Gasteiger partial charge in [0.05, 0.1) is 5.92 Å². The minimum atomic E-state index is -0.346. The zero-order chi connectivity index (χ0) is 10.7. The van der Waals surface area contributed by atoms with Gasteiger partial charge in [-0.25, -0.2) is 0 Å². The summed E-state index contributed by atoms with van der Waals surface area (Å²) in [4.78, 5) is 23.3. The molecule has 0 aromatic heterocycles. The Hall–Kier alpha value is -0.920. The summed E-state index contributed by atoms with van der Waals surface area (Å²) in [6, 6.07) is 0. The fourth-order valence-electron chi connectivity index (χ4n) is 1.87. The van der Waals surface area contributed by atoms with E-state index in [4.69, 9.17) is 0 Å². The summed E-state index contributed by atoms with van der Waals surface area (Å²) in [5, 5.41) is 0. The first-order chi connectivity index (χ1) is 6.59. The molecule has 0 spiro atoms. The highest BCUT2D eigenvalue weighted by molar-refractivity contribution is 6.23. The van der Waals surface area contributed by atoms with Crippen LogP contribution < -0.4 is 0 Å². The lowest BCUT2D eigenvalue weighted by Crippen LogP contribution is -2.17. The summed E-state index contributed by atoms with van der Waals surface area (Å²) in [6.45, 7) is 5.64. The maximum atomic E-state index is 11.6. The van der Waals surface area contributed by atoms with Crippen molar-refractivity contribution in [1.29, 1.82) is 0 Å². The average Bonchev–Trinajstić information content (AvgIpc) is 2.35. The first-order valence-corrected chi connectivity index (χ1v) is 5.35. The number of carbonyl (C=O) groups excluding carboxylic acids is 2. The number of Topliss-reactive ketones (excluding diaryl/α,β-unsaturated/α-hetero) is 2. The summed E-state index contributed by atoms with van der Waals surface area (Å²) >= 11 is 0. The molecular weight excluding hydrogens is 176 g/mol. The Kier molecular flexibility index (Phi) is 3.62. The van der Waals surface area contributed by atoms with E-state index in [1.54, 1.807) is 13.8 Å². The molecule has 0 radical (unpaired) electrons. The molecule has 0 N–H and O–H groups in total. The standard InChI is InChI=1S/C12H18O2/c1-4-5-6-7-10-11(13)8(2)9(3)12(10)14/h10H,4-7H2,1-3H3. The Morgan fingerprint density at radius 2 is 1.50 bits per heavy atom. The predicted molar refractivity (Wildman–Crippen MR) is 56.0 cm³/mol. The quantitative estimate of drug-likeness (QED) is 0.509. The Bertz CT molecular complexity index is 263. The molecule has 2 nitrogen and oxygen atoms in total. The molecule has 0 atom stereocenters. The van der Waals surface area contributed by atoms with E-state index in [0.29, 0.717) is 11.1 Å². The summed E-state index contributed by atoms with van der Waals surface area (Å²) in [7, 11) is 0. The molecule has 0 saturated carbocycles. The van der Waals surface area contributed by atoms with Crippen molar-refractivity contribution in [3.63, 3.8) is 0 Å². The molecular formula is C12H18O2. The van der Waals surface area contributed by atoms with E-state index in [1.165, 1.54) is 0 Å². The van der Waals surface area contributed by atoms with E-state index in [0.717, 1.165) is 25.7 Å². The lowest BCUT2D eigenvalue weighted by Gasteiger charge is -2.06. The van der Waals surface area contributed by atoms with Gasteiger partial charge in [0.25, 0.3) is 0 Å². The lowest BCUT2D eigenvalue weighted by atomic mass is 9.95. The van der Waals surface area contributed by atoms with Crippen LogP contribution in [0.2, 0.25) is 0 Å².